The van der Waals surface area contributed by atoms with Crippen molar-refractivity contribution in [2.75, 3.05) is 34.3 Å². The highest BCUT2D eigenvalue weighted by atomic mass is 32.1. The number of hydrogen-bond acceptors (Lipinski definition) is 5. The topological polar surface area (TPSA) is 70.7 Å². The number of hydrogen-bond donors (Lipinski definition) is 2. The highest BCUT2D eigenvalue weighted by molar-refractivity contribution is 7.17. The largest absolute Gasteiger partial charge is 0.496 e. The molecule has 1 heterocycles. The summed E-state index contributed by atoms with van der Waals surface area (Å²) in [5.74, 6) is 0.288. The van der Waals surface area contributed by atoms with E-state index in [0.29, 0.717) is 22.7 Å². The molecule has 2 aromatic rings. The molecule has 0 saturated heterocycles. The summed E-state index contributed by atoms with van der Waals surface area (Å²) in [6, 6.07) is 9.26. The van der Waals surface area contributed by atoms with Gasteiger partial charge >= 0.3 is 0 Å². The maximum atomic E-state index is 12.3. The van der Waals surface area contributed by atoms with Gasteiger partial charge in [-0.15, -0.1) is 11.3 Å². The molecular weight excluding hydrogens is 374 g/mol. The van der Waals surface area contributed by atoms with E-state index in [1.165, 1.54) is 11.3 Å². The number of amides is 2. The first kappa shape index (κ1) is 21.9. The monoisotopic (exact) mass is 403 g/mol. The van der Waals surface area contributed by atoms with Crippen molar-refractivity contribution in [3.8, 4) is 16.2 Å². The van der Waals surface area contributed by atoms with Crippen molar-refractivity contribution in [3.05, 3.63) is 40.8 Å². The van der Waals surface area contributed by atoms with Crippen LogP contribution in [0.15, 0.2) is 30.3 Å². The van der Waals surface area contributed by atoms with Crippen LogP contribution < -0.4 is 15.4 Å². The fourth-order valence-corrected chi connectivity index (χ4v) is 3.59. The smallest absolute Gasteiger partial charge is 0.261 e. The number of benzene rings is 1. The van der Waals surface area contributed by atoms with Gasteiger partial charge in [0.25, 0.3) is 11.8 Å². The Hall–Kier alpha value is -2.38. The predicted octanol–water partition coefficient (Wildman–Crippen LogP) is 3.24. The van der Waals surface area contributed by atoms with E-state index in [2.05, 4.69) is 15.5 Å². The second-order valence-electron chi connectivity index (χ2n) is 7.12. The quantitative estimate of drug-likeness (QED) is 0.631. The van der Waals surface area contributed by atoms with Crippen LogP contribution in [0.5, 0.6) is 5.75 Å². The van der Waals surface area contributed by atoms with Crippen LogP contribution in [-0.2, 0) is 0 Å². The van der Waals surface area contributed by atoms with Crippen molar-refractivity contribution in [2.24, 2.45) is 0 Å². The molecule has 1 aromatic carbocycles. The van der Waals surface area contributed by atoms with E-state index < -0.39 is 0 Å². The lowest BCUT2D eigenvalue weighted by Gasteiger charge is -2.12. The number of carbonyl (C=O) groups excluding carboxylic acids is 2. The zero-order chi connectivity index (χ0) is 20.7. The van der Waals surface area contributed by atoms with Gasteiger partial charge in [0.05, 0.1) is 17.6 Å². The van der Waals surface area contributed by atoms with E-state index in [9.17, 15) is 9.59 Å². The van der Waals surface area contributed by atoms with Gasteiger partial charge in [-0.05, 0) is 70.7 Å². The highest BCUT2D eigenvalue weighted by Gasteiger charge is 2.16. The molecule has 152 valence electrons. The molecule has 0 aliphatic rings. The van der Waals surface area contributed by atoms with Gasteiger partial charge in [0, 0.05) is 17.5 Å². The van der Waals surface area contributed by atoms with Gasteiger partial charge in [0.1, 0.15) is 5.75 Å². The highest BCUT2D eigenvalue weighted by Crippen LogP contribution is 2.32. The SMILES string of the molecule is COc1cc(-c2ccc(C(=O)NCCCN(C)C)s2)ccc1C(=O)NC(C)C. The van der Waals surface area contributed by atoms with Crippen LogP contribution in [0.3, 0.4) is 0 Å². The van der Waals surface area contributed by atoms with Crippen LogP contribution in [0.4, 0.5) is 0 Å². The van der Waals surface area contributed by atoms with Gasteiger partial charge in [-0.1, -0.05) is 6.07 Å². The predicted molar refractivity (Wildman–Crippen MR) is 114 cm³/mol. The van der Waals surface area contributed by atoms with Gasteiger partial charge in [-0.2, -0.15) is 0 Å². The summed E-state index contributed by atoms with van der Waals surface area (Å²) in [6.07, 6.45) is 0.911. The molecule has 2 N–H and O–H groups in total. The molecule has 0 unspecified atom stereocenters. The number of carbonyl (C=O) groups is 2. The number of rotatable bonds is 9. The van der Waals surface area contributed by atoms with Crippen molar-refractivity contribution in [2.45, 2.75) is 26.3 Å². The number of ether oxygens (including phenoxy) is 1. The van der Waals surface area contributed by atoms with Gasteiger partial charge < -0.3 is 20.3 Å². The molecule has 7 heteroatoms. The van der Waals surface area contributed by atoms with Crippen molar-refractivity contribution in [1.82, 2.24) is 15.5 Å². The first-order chi connectivity index (χ1) is 13.3. The van der Waals surface area contributed by atoms with E-state index >= 15 is 0 Å². The Kier molecular flexibility index (Phi) is 8.02. The minimum Gasteiger partial charge on any atom is -0.496 e. The Morgan fingerprint density at radius 2 is 1.89 bits per heavy atom. The summed E-state index contributed by atoms with van der Waals surface area (Å²) in [7, 11) is 5.57. The Morgan fingerprint density at radius 1 is 1.14 bits per heavy atom. The van der Waals surface area contributed by atoms with Crippen LogP contribution in [0.25, 0.3) is 10.4 Å². The van der Waals surface area contributed by atoms with E-state index in [1.54, 1.807) is 13.2 Å². The van der Waals surface area contributed by atoms with Gasteiger partial charge in [-0.3, -0.25) is 9.59 Å². The van der Waals surface area contributed by atoms with Crippen LogP contribution in [0.1, 0.15) is 40.3 Å². The third kappa shape index (κ3) is 6.07. The van der Waals surface area contributed by atoms with Gasteiger partial charge in [-0.25, -0.2) is 0 Å². The van der Waals surface area contributed by atoms with Crippen molar-refractivity contribution in [1.29, 1.82) is 0 Å². The van der Waals surface area contributed by atoms with Crippen LogP contribution in [0, 0.1) is 0 Å². The molecule has 2 amide bonds. The van der Waals surface area contributed by atoms with E-state index in [0.717, 1.165) is 23.4 Å². The molecular formula is C21H29N3O3S. The fraction of sp³-hybridized carbons (Fsp3) is 0.429. The zero-order valence-electron chi connectivity index (χ0n) is 17.2. The van der Waals surface area contributed by atoms with Crippen LogP contribution in [0.2, 0.25) is 0 Å². The second-order valence-corrected chi connectivity index (χ2v) is 8.20. The molecule has 0 aliphatic heterocycles. The molecule has 0 aliphatic carbocycles. The number of methoxy groups -OCH3 is 1. The maximum absolute atomic E-state index is 12.3. The van der Waals surface area contributed by atoms with E-state index in [4.69, 9.17) is 4.74 Å². The molecule has 0 spiro atoms. The van der Waals surface area contributed by atoms with Crippen LogP contribution >= 0.6 is 11.3 Å². The normalized spacial score (nSPS) is 11.0. The Morgan fingerprint density at radius 3 is 2.54 bits per heavy atom. The standard InChI is InChI=1S/C21H29N3O3S/c1-14(2)23-20(25)16-8-7-15(13-17(16)27-5)18-9-10-19(28-18)21(26)22-11-6-12-24(3)4/h7-10,13-14H,6,11-12H2,1-5H3,(H,22,26)(H,23,25). The first-order valence-corrected chi connectivity index (χ1v) is 10.2. The first-order valence-electron chi connectivity index (χ1n) is 9.34. The molecule has 0 atom stereocenters. The molecule has 6 nitrogen and oxygen atoms in total. The maximum Gasteiger partial charge on any atom is 0.261 e. The average molecular weight is 404 g/mol. The van der Waals surface area contributed by atoms with Gasteiger partial charge in [0.15, 0.2) is 0 Å². The average Bonchev–Trinajstić information content (AvgIpc) is 3.14. The molecule has 0 saturated carbocycles. The summed E-state index contributed by atoms with van der Waals surface area (Å²) < 4.78 is 5.41. The van der Waals surface area contributed by atoms with Crippen molar-refractivity contribution < 1.29 is 14.3 Å². The summed E-state index contributed by atoms with van der Waals surface area (Å²) in [5.41, 5.74) is 1.41. The third-order valence-corrected chi connectivity index (χ3v) is 5.18. The third-order valence-electron chi connectivity index (χ3n) is 4.05. The molecule has 0 radical (unpaired) electrons. The minimum atomic E-state index is -0.164. The van der Waals surface area contributed by atoms with Crippen LogP contribution in [-0.4, -0.2) is 57.1 Å². The molecule has 0 fully saturated rings. The van der Waals surface area contributed by atoms with Crippen molar-refractivity contribution >= 4 is 23.2 Å². The summed E-state index contributed by atoms with van der Waals surface area (Å²) in [6.45, 7) is 5.42. The molecule has 2 rings (SSSR count). The van der Waals surface area contributed by atoms with E-state index in [-0.39, 0.29) is 17.9 Å². The Labute approximate surface area is 170 Å². The number of thiophene rings is 1. The second kappa shape index (κ2) is 10.2. The van der Waals surface area contributed by atoms with Gasteiger partial charge in [0.2, 0.25) is 0 Å². The van der Waals surface area contributed by atoms with E-state index in [1.807, 2.05) is 52.2 Å². The Balaban J connectivity index is 2.09. The summed E-state index contributed by atoms with van der Waals surface area (Å²) in [5, 5.41) is 5.82. The molecule has 1 aromatic heterocycles. The lowest BCUT2D eigenvalue weighted by Crippen LogP contribution is -2.30. The Bertz CT molecular complexity index is 815. The minimum absolute atomic E-state index is 0.0491. The summed E-state index contributed by atoms with van der Waals surface area (Å²) >= 11 is 1.42. The lowest BCUT2D eigenvalue weighted by atomic mass is 10.1. The fourth-order valence-electron chi connectivity index (χ4n) is 2.67. The molecule has 0 bridgehead atoms. The van der Waals surface area contributed by atoms with Crippen molar-refractivity contribution in [3.63, 3.8) is 0 Å². The zero-order valence-corrected chi connectivity index (χ0v) is 18.0. The number of nitrogens with zero attached hydrogens (tertiary/aromatic N) is 1. The summed E-state index contributed by atoms with van der Waals surface area (Å²) in [4.78, 5) is 28.3. The molecule has 28 heavy (non-hydrogen) atoms. The lowest BCUT2D eigenvalue weighted by molar-refractivity contribution is 0.0936. The number of nitrogens with one attached hydrogen (secondary N) is 2.